The van der Waals surface area contributed by atoms with Crippen LogP contribution < -0.4 is 69.1 Å². The van der Waals surface area contributed by atoms with Gasteiger partial charge in [0.25, 0.3) is 0 Å². The molecule has 0 saturated heterocycles. The number of rotatable bonds is 48. The number of aromatic hydroxyl groups is 1. The maximum atomic E-state index is 15.4. The van der Waals surface area contributed by atoms with Crippen LogP contribution in [-0.4, -0.2) is 270 Å². The van der Waals surface area contributed by atoms with Crippen LogP contribution in [0.1, 0.15) is 244 Å². The molecule has 13 amide bonds. The number of carboxylic acid groups (broad SMARTS) is 1. The van der Waals surface area contributed by atoms with Gasteiger partial charge in [0, 0.05) is 37.6 Å². The summed E-state index contributed by atoms with van der Waals surface area (Å²) < 4.78 is 47.2. The third-order valence-corrected chi connectivity index (χ3v) is 18.8. The number of alkyl carbamates (subject to hydrolysis) is 1. The van der Waals surface area contributed by atoms with Gasteiger partial charge in [0.15, 0.2) is 0 Å². The van der Waals surface area contributed by atoms with E-state index in [9.17, 15) is 63.0 Å². The minimum atomic E-state index is -1.94. The fraction of sp³-hybridized carbons (Fsp3) is 0.670. The van der Waals surface area contributed by atoms with Gasteiger partial charge < -0.3 is 122 Å². The molecule has 0 aliphatic heterocycles. The number of carbonyl (C=O) groups is 16. The minimum Gasteiger partial charge on any atom is -0.508 e. The van der Waals surface area contributed by atoms with Gasteiger partial charge in [-0.25, -0.2) is 14.6 Å². The summed E-state index contributed by atoms with van der Waals surface area (Å²) >= 11 is 0. The van der Waals surface area contributed by atoms with Crippen LogP contribution in [-0.2, 0) is 129 Å². The number of hydrogen-bond donors (Lipinski definition) is 16. The molecule has 13 atom stereocenters. The highest BCUT2D eigenvalue weighted by Crippen LogP contribution is 2.22. The zero-order valence-corrected chi connectivity index (χ0v) is 84.1. The number of ether oxygens (including phenoxy) is 8. The second kappa shape index (κ2) is 50.9. The molecule has 0 aliphatic rings. The first-order valence-electron chi connectivity index (χ1n) is 45.0. The number of carboxylic acids is 1. The Labute approximate surface area is 792 Å². The van der Waals surface area contributed by atoms with Gasteiger partial charge in [0.05, 0.1) is 79.3 Å². The topological polar surface area (TPSA) is 572 Å². The number of nitrogens with zero attached hydrogens (tertiary/aromatic N) is 1. The smallest absolute Gasteiger partial charge is 0.408 e. The molecule has 0 unspecified atom stereocenters. The van der Waals surface area contributed by atoms with E-state index in [-0.39, 0.29) is 25.0 Å². The van der Waals surface area contributed by atoms with E-state index in [1.165, 1.54) is 78.3 Å². The number of benzene rings is 2. The normalized spacial score (nSPS) is 15.3. The molecule has 2 aromatic carbocycles. The number of nitrogens with one attached hydrogen (secondary N) is 14. The van der Waals surface area contributed by atoms with Gasteiger partial charge >= 0.3 is 24.0 Å². The number of aliphatic carboxylic acids is 1. The molecule has 0 spiro atoms. The summed E-state index contributed by atoms with van der Waals surface area (Å²) in [5.41, 5.74) is -8.60. The molecule has 135 heavy (non-hydrogen) atoms. The van der Waals surface area contributed by atoms with Crippen LogP contribution in [0.25, 0.3) is 0 Å². The summed E-state index contributed by atoms with van der Waals surface area (Å²) in [6.45, 7) is 45.3. The highest BCUT2D eigenvalue weighted by atomic mass is 16.6. The van der Waals surface area contributed by atoms with E-state index in [0.29, 0.717) is 16.8 Å². The van der Waals surface area contributed by atoms with E-state index < -0.39 is 275 Å². The fourth-order valence-electron chi connectivity index (χ4n) is 12.6. The lowest BCUT2D eigenvalue weighted by atomic mass is 10.0. The first kappa shape index (κ1) is 118. The SMILES string of the molecule is CC(C)[C@H](NC(=O)[C@H](CC(=O)OC(C)(C)C)NC(=O)[C@H](COC(C)(C)C)NC(=O)[C@@H](NC(=O)[C@H](Cc1ccccc1)NC(=O)[C@@H](NC(=O)CNC(=O)[C@H](CCC(=O)OC(C)(C)C)NC(=O)C(C)(C)NC(=O)[C@H](Cc1cnc[nH]1)NC(=O)OC(C)(C)C)[C@@H](C)OC(C)(C)C)[C@@H](C)OC(C)(C)C)C(=O)N[C@@H](COC(C)(C)C)C(=O)N[C@@H](COC(C)(C)C)C(=O)N[C@@H](Cc1ccc(O)cc1)C(=O)O. The summed E-state index contributed by atoms with van der Waals surface area (Å²) in [4.78, 5) is 237. The first-order chi connectivity index (χ1) is 61.7. The van der Waals surface area contributed by atoms with Crippen molar-refractivity contribution >= 4 is 94.9 Å². The molecule has 16 N–H and O–H groups in total. The lowest BCUT2D eigenvalue weighted by Crippen LogP contribution is -2.64. The molecular formula is C94H151N15O26. The van der Waals surface area contributed by atoms with Crippen LogP contribution in [0.5, 0.6) is 5.75 Å². The van der Waals surface area contributed by atoms with Crippen molar-refractivity contribution in [3.05, 3.63) is 83.9 Å². The molecule has 0 fully saturated rings. The first-order valence-corrected chi connectivity index (χ1v) is 45.0. The van der Waals surface area contributed by atoms with E-state index in [0.717, 1.165) is 0 Å². The van der Waals surface area contributed by atoms with Gasteiger partial charge in [-0.2, -0.15) is 0 Å². The number of hydrogen-bond acceptors (Lipinski definition) is 26. The Hall–Kier alpha value is -11.4. The fourth-order valence-corrected chi connectivity index (χ4v) is 12.6. The number of phenols is 1. The van der Waals surface area contributed by atoms with Crippen molar-refractivity contribution in [3.8, 4) is 5.75 Å². The molecule has 1 heterocycles. The third kappa shape index (κ3) is 47.6. The Morgan fingerprint density at radius 2 is 0.770 bits per heavy atom. The molecule has 41 heteroatoms. The van der Waals surface area contributed by atoms with Crippen molar-refractivity contribution in [2.45, 2.75) is 375 Å². The predicted octanol–water partition coefficient (Wildman–Crippen LogP) is 4.34. The highest BCUT2D eigenvalue weighted by Gasteiger charge is 2.44. The molecule has 758 valence electrons. The zero-order chi connectivity index (χ0) is 103. The zero-order valence-electron chi connectivity index (χ0n) is 84.1. The van der Waals surface area contributed by atoms with Crippen LogP contribution in [0.2, 0.25) is 0 Å². The summed E-state index contributed by atoms with van der Waals surface area (Å²) in [6, 6.07) is -4.34. The molecular weight excluding hydrogens is 1760 g/mol. The number of amides is 13. The van der Waals surface area contributed by atoms with Crippen LogP contribution in [0.4, 0.5) is 4.79 Å². The van der Waals surface area contributed by atoms with Gasteiger partial charge in [-0.3, -0.25) is 67.1 Å². The average molecular weight is 1910 g/mol. The van der Waals surface area contributed by atoms with E-state index >= 15 is 24.0 Å². The van der Waals surface area contributed by atoms with Crippen molar-refractivity contribution in [1.82, 2.24) is 79.1 Å². The third-order valence-electron chi connectivity index (χ3n) is 18.8. The Morgan fingerprint density at radius 3 is 1.21 bits per heavy atom. The number of aromatic nitrogens is 2. The van der Waals surface area contributed by atoms with Crippen molar-refractivity contribution in [1.29, 1.82) is 0 Å². The van der Waals surface area contributed by atoms with E-state index in [2.05, 4.69) is 79.1 Å². The molecule has 0 saturated carbocycles. The number of phenolic OH excluding ortho intramolecular Hbond substituents is 1. The summed E-state index contributed by atoms with van der Waals surface area (Å²) in [6.07, 6.45) is -3.12. The maximum absolute atomic E-state index is 15.4. The Kier molecular flexibility index (Phi) is 44.4. The van der Waals surface area contributed by atoms with E-state index in [1.54, 1.807) is 197 Å². The second-order valence-corrected chi connectivity index (χ2v) is 41.9. The summed E-state index contributed by atoms with van der Waals surface area (Å²) in [5.74, 6) is -16.5. The van der Waals surface area contributed by atoms with Gasteiger partial charge in [-0.15, -0.1) is 0 Å². The van der Waals surface area contributed by atoms with Crippen LogP contribution in [0, 0.1) is 5.92 Å². The predicted molar refractivity (Wildman–Crippen MR) is 498 cm³/mol. The van der Waals surface area contributed by atoms with Crippen LogP contribution in [0.15, 0.2) is 67.1 Å². The van der Waals surface area contributed by atoms with Crippen LogP contribution >= 0.6 is 0 Å². The number of carbonyl (C=O) groups excluding carboxylic acids is 15. The summed E-state index contributed by atoms with van der Waals surface area (Å²) in [7, 11) is 0. The standard InChI is InChI=1S/C94H151N15O26/c1-52(2)70(80(121)102-66(50-130-88(11,12)13)78(119)101-64(48-128-86(5,6)7)77(118)100-63(83(124)125)43-56-36-38-58(110)39-37-56)107-75(116)62(45-69(113)134-92(23,24)25)98-76(117)65(49-129-87(8,9)10)103-82(123)72(54(4)132-90(17,18)19)108-74(115)60(42-55-34-32-31-33-35-55)99-81(122)71(53(3)131-89(14,15)16)106-67(111)47-96-73(114)59(40-41-68(112)133-91(20,21)22)104-84(126)94(29,30)109-79(120)61(44-57-46-95-51-97-57)105-85(127)135-93(26,27)28/h31-39,46,51-54,59-66,70-72,110H,40-45,47-50H2,1-30H3,(H,95,97)(H,96,114)(H,98,117)(H,99,122)(H,100,118)(H,101,119)(H,102,121)(H,103,123)(H,104,126)(H,105,127)(H,106,111)(H,107,116)(H,108,115)(H,109,120)(H,124,125)/t53-,54-,59+,60+,61+,62+,63+,64+,65+,66+,70+,71+,72+/m1/s1. The monoisotopic (exact) mass is 1910 g/mol. The van der Waals surface area contributed by atoms with Gasteiger partial charge in [0.1, 0.15) is 94.6 Å². The lowest BCUT2D eigenvalue weighted by Gasteiger charge is -2.34. The van der Waals surface area contributed by atoms with Crippen molar-refractivity contribution in [2.24, 2.45) is 5.92 Å². The number of aromatic amines is 1. The van der Waals surface area contributed by atoms with Crippen LogP contribution in [0.3, 0.4) is 0 Å². The van der Waals surface area contributed by atoms with Crippen molar-refractivity contribution in [3.63, 3.8) is 0 Å². The quantitative estimate of drug-likeness (QED) is 0.0276. The Morgan fingerprint density at radius 1 is 0.378 bits per heavy atom. The number of imidazole rings is 1. The van der Waals surface area contributed by atoms with Gasteiger partial charge in [-0.05, 0) is 229 Å². The highest BCUT2D eigenvalue weighted by molar-refractivity contribution is 6.01. The van der Waals surface area contributed by atoms with Crippen molar-refractivity contribution in [2.75, 3.05) is 26.4 Å². The average Bonchev–Trinajstić information content (AvgIpc) is 1.73. The minimum absolute atomic E-state index is 0.0828. The molecule has 3 aromatic rings. The number of esters is 2. The molecule has 0 aliphatic carbocycles. The van der Waals surface area contributed by atoms with Crippen molar-refractivity contribution < 1.29 is 125 Å². The Bertz CT molecular complexity index is 4470. The van der Waals surface area contributed by atoms with Gasteiger partial charge in [-0.1, -0.05) is 56.3 Å². The second-order valence-electron chi connectivity index (χ2n) is 41.9. The maximum Gasteiger partial charge on any atom is 0.408 e. The summed E-state index contributed by atoms with van der Waals surface area (Å²) in [5, 5.41) is 53.6. The molecule has 1 aromatic heterocycles. The largest absolute Gasteiger partial charge is 0.508 e. The molecule has 0 bridgehead atoms. The molecule has 3 rings (SSSR count). The van der Waals surface area contributed by atoms with E-state index in [1.807, 2.05) is 0 Å². The lowest BCUT2D eigenvalue weighted by molar-refractivity contribution is -0.157. The van der Waals surface area contributed by atoms with Gasteiger partial charge in [0.2, 0.25) is 70.9 Å². The number of H-pyrrole nitrogens is 1. The Balaban J connectivity index is 2.14. The van der Waals surface area contributed by atoms with E-state index in [4.69, 9.17) is 37.9 Å². The molecule has 0 radical (unpaired) electrons. The molecule has 41 nitrogen and oxygen atoms in total.